The molecular weight excluding hydrogens is 442 g/mol. The zero-order valence-corrected chi connectivity index (χ0v) is 20.4. The maximum atomic E-state index is 13.2. The molecule has 1 aliphatic rings. The summed E-state index contributed by atoms with van der Waals surface area (Å²) < 4.78 is 11.1. The minimum atomic E-state index is -1.16. The average molecular weight is 474 g/mol. The molecular formula is C25H32ClN3O4. The molecule has 7 nitrogen and oxygen atoms in total. The highest BCUT2D eigenvalue weighted by Gasteiger charge is 2.31. The van der Waals surface area contributed by atoms with Gasteiger partial charge in [-0.05, 0) is 69.8 Å². The topological polar surface area (TPSA) is 71.1 Å². The maximum absolute atomic E-state index is 13.2. The zero-order chi connectivity index (χ0) is 24.0. The highest BCUT2D eigenvalue weighted by molar-refractivity contribution is 6.30. The second-order valence-electron chi connectivity index (χ2n) is 8.39. The van der Waals surface area contributed by atoms with Crippen molar-refractivity contribution in [3.8, 4) is 5.75 Å². The van der Waals surface area contributed by atoms with Crippen LogP contribution in [0, 0.1) is 0 Å². The van der Waals surface area contributed by atoms with E-state index < -0.39 is 11.6 Å². The van der Waals surface area contributed by atoms with Crippen LogP contribution >= 0.6 is 11.6 Å². The van der Waals surface area contributed by atoms with Crippen LogP contribution in [0.3, 0.4) is 0 Å². The molecule has 1 saturated heterocycles. The zero-order valence-electron chi connectivity index (χ0n) is 19.7. The molecule has 8 heteroatoms. The lowest BCUT2D eigenvalue weighted by Crippen LogP contribution is -2.47. The number of rotatable bonds is 8. The number of piperazine rings is 1. The summed E-state index contributed by atoms with van der Waals surface area (Å²) in [4.78, 5) is 30.2. The van der Waals surface area contributed by atoms with Gasteiger partial charge in [0.1, 0.15) is 5.75 Å². The number of nitrogens with zero attached hydrogens (tertiary/aromatic N) is 2. The Labute approximate surface area is 200 Å². The first-order valence-electron chi connectivity index (χ1n) is 11.3. The molecule has 0 saturated carbocycles. The van der Waals surface area contributed by atoms with Crippen LogP contribution in [-0.2, 0) is 9.53 Å². The first-order valence-corrected chi connectivity index (χ1v) is 11.7. The molecule has 0 unspecified atom stereocenters. The number of ether oxygens (including phenoxy) is 2. The SMILES string of the molecule is CCOC(=O)c1ccc(N2CCN(CC)CC2)c(NC(=O)C(C)(C)Oc2ccc(Cl)cc2)c1. The van der Waals surface area contributed by atoms with Crippen molar-refractivity contribution in [1.82, 2.24) is 4.90 Å². The number of likely N-dealkylation sites (N-methyl/N-ethyl adjacent to an activating group) is 1. The number of carbonyl (C=O) groups excluding carboxylic acids is 2. The van der Waals surface area contributed by atoms with Crippen molar-refractivity contribution in [2.45, 2.75) is 33.3 Å². The van der Waals surface area contributed by atoms with Gasteiger partial charge in [0.05, 0.1) is 23.5 Å². The van der Waals surface area contributed by atoms with Crippen molar-refractivity contribution < 1.29 is 19.1 Å². The Morgan fingerprint density at radius 3 is 2.30 bits per heavy atom. The Bertz CT molecular complexity index is 970. The van der Waals surface area contributed by atoms with Crippen molar-refractivity contribution in [2.24, 2.45) is 0 Å². The number of hydrogen-bond acceptors (Lipinski definition) is 6. The molecule has 1 aliphatic heterocycles. The van der Waals surface area contributed by atoms with Gasteiger partial charge in [-0.15, -0.1) is 0 Å². The molecule has 1 heterocycles. The third-order valence-corrected chi connectivity index (χ3v) is 5.90. The summed E-state index contributed by atoms with van der Waals surface area (Å²) >= 11 is 5.94. The number of hydrogen-bond donors (Lipinski definition) is 1. The molecule has 178 valence electrons. The van der Waals surface area contributed by atoms with Gasteiger partial charge in [-0.1, -0.05) is 18.5 Å². The summed E-state index contributed by atoms with van der Waals surface area (Å²) in [7, 11) is 0. The number of halogens is 1. The maximum Gasteiger partial charge on any atom is 0.338 e. The lowest BCUT2D eigenvalue weighted by molar-refractivity contribution is -0.128. The van der Waals surface area contributed by atoms with Crippen molar-refractivity contribution in [3.05, 3.63) is 53.1 Å². The van der Waals surface area contributed by atoms with Gasteiger partial charge in [-0.2, -0.15) is 0 Å². The number of anilines is 2. The minimum Gasteiger partial charge on any atom is -0.478 e. The van der Waals surface area contributed by atoms with Crippen LogP contribution in [0.15, 0.2) is 42.5 Å². The smallest absolute Gasteiger partial charge is 0.338 e. The summed E-state index contributed by atoms with van der Waals surface area (Å²) in [6, 6.07) is 12.1. The van der Waals surface area contributed by atoms with Gasteiger partial charge < -0.3 is 24.6 Å². The van der Waals surface area contributed by atoms with Crippen molar-refractivity contribution in [1.29, 1.82) is 0 Å². The molecule has 0 aliphatic carbocycles. The van der Waals surface area contributed by atoms with E-state index in [2.05, 4.69) is 22.0 Å². The molecule has 0 spiro atoms. The average Bonchev–Trinajstić information content (AvgIpc) is 2.80. The molecule has 1 N–H and O–H groups in total. The standard InChI is InChI=1S/C25H32ClN3O4/c1-5-28-13-15-29(16-14-28)22-12-7-18(23(30)32-6-2)17-21(22)27-24(31)25(3,4)33-20-10-8-19(26)9-11-20/h7-12,17H,5-6,13-16H2,1-4H3,(H,27,31). The first kappa shape index (κ1) is 24.9. The monoisotopic (exact) mass is 473 g/mol. The van der Waals surface area contributed by atoms with E-state index >= 15 is 0 Å². The molecule has 2 aromatic carbocycles. The Balaban J connectivity index is 1.84. The molecule has 0 radical (unpaired) electrons. The highest BCUT2D eigenvalue weighted by atomic mass is 35.5. The quantitative estimate of drug-likeness (QED) is 0.571. The third kappa shape index (κ3) is 6.39. The Hall–Kier alpha value is -2.77. The molecule has 1 fully saturated rings. The predicted octanol–water partition coefficient (Wildman–Crippen LogP) is 4.45. The van der Waals surface area contributed by atoms with E-state index in [0.29, 0.717) is 22.0 Å². The lowest BCUT2D eigenvalue weighted by atomic mass is 10.1. The Morgan fingerprint density at radius 1 is 1.03 bits per heavy atom. The lowest BCUT2D eigenvalue weighted by Gasteiger charge is -2.36. The van der Waals surface area contributed by atoms with Gasteiger partial charge in [0.25, 0.3) is 5.91 Å². The summed E-state index contributed by atoms with van der Waals surface area (Å²) in [6.45, 7) is 12.1. The second-order valence-corrected chi connectivity index (χ2v) is 8.83. The second kappa shape index (κ2) is 10.9. The third-order valence-electron chi connectivity index (χ3n) is 5.65. The van der Waals surface area contributed by atoms with Gasteiger partial charge in [0.15, 0.2) is 5.60 Å². The van der Waals surface area contributed by atoms with Crippen LogP contribution < -0.4 is 15.0 Å². The van der Waals surface area contributed by atoms with Crippen LogP contribution in [0.2, 0.25) is 5.02 Å². The normalized spacial score (nSPS) is 14.6. The molecule has 2 aromatic rings. The van der Waals surface area contributed by atoms with Gasteiger partial charge in [-0.3, -0.25) is 4.79 Å². The molecule has 0 bridgehead atoms. The largest absolute Gasteiger partial charge is 0.478 e. The van der Waals surface area contributed by atoms with Crippen molar-refractivity contribution in [3.63, 3.8) is 0 Å². The fourth-order valence-electron chi connectivity index (χ4n) is 3.67. The van der Waals surface area contributed by atoms with Crippen molar-refractivity contribution >= 4 is 34.9 Å². The molecule has 33 heavy (non-hydrogen) atoms. The summed E-state index contributed by atoms with van der Waals surface area (Å²) in [6.07, 6.45) is 0. The van der Waals surface area contributed by atoms with E-state index in [1.165, 1.54) is 0 Å². The van der Waals surface area contributed by atoms with Gasteiger partial charge in [0, 0.05) is 31.2 Å². The number of nitrogens with one attached hydrogen (secondary N) is 1. The van der Waals surface area contributed by atoms with Crippen LogP contribution in [-0.4, -0.2) is 61.7 Å². The summed E-state index contributed by atoms with van der Waals surface area (Å²) in [5.41, 5.74) is 0.656. The van der Waals surface area contributed by atoms with E-state index in [9.17, 15) is 9.59 Å². The van der Waals surface area contributed by atoms with E-state index in [4.69, 9.17) is 21.1 Å². The Kier molecular flexibility index (Phi) is 8.21. The number of carbonyl (C=O) groups is 2. The fourth-order valence-corrected chi connectivity index (χ4v) is 3.80. The summed E-state index contributed by atoms with van der Waals surface area (Å²) in [5, 5.41) is 3.58. The number of esters is 1. The van der Waals surface area contributed by atoms with E-state index in [-0.39, 0.29) is 12.5 Å². The highest BCUT2D eigenvalue weighted by Crippen LogP contribution is 2.30. The summed E-state index contributed by atoms with van der Waals surface area (Å²) in [5.74, 6) is -0.213. The molecule has 3 rings (SSSR count). The van der Waals surface area contributed by atoms with E-state index in [0.717, 1.165) is 38.4 Å². The van der Waals surface area contributed by atoms with Crippen LogP contribution in [0.5, 0.6) is 5.75 Å². The van der Waals surface area contributed by atoms with Crippen molar-refractivity contribution in [2.75, 3.05) is 49.5 Å². The Morgan fingerprint density at radius 2 is 1.70 bits per heavy atom. The molecule has 1 amide bonds. The van der Waals surface area contributed by atoms with Gasteiger partial charge >= 0.3 is 5.97 Å². The molecule has 0 atom stereocenters. The number of benzene rings is 2. The predicted molar refractivity (Wildman–Crippen MR) is 132 cm³/mol. The van der Waals surface area contributed by atoms with Gasteiger partial charge in [-0.25, -0.2) is 4.79 Å². The fraction of sp³-hybridized carbons (Fsp3) is 0.440. The first-order chi connectivity index (χ1) is 15.7. The van der Waals surface area contributed by atoms with Gasteiger partial charge in [0.2, 0.25) is 0 Å². The molecule has 0 aromatic heterocycles. The minimum absolute atomic E-state index is 0.281. The number of amides is 1. The van der Waals surface area contributed by atoms with E-state index in [1.807, 2.05) is 6.07 Å². The van der Waals surface area contributed by atoms with Crippen LogP contribution in [0.4, 0.5) is 11.4 Å². The van der Waals surface area contributed by atoms with Crippen LogP contribution in [0.1, 0.15) is 38.1 Å². The van der Waals surface area contributed by atoms with E-state index in [1.54, 1.807) is 57.2 Å². The van der Waals surface area contributed by atoms with Crippen LogP contribution in [0.25, 0.3) is 0 Å².